The van der Waals surface area contributed by atoms with E-state index in [2.05, 4.69) is 0 Å². The standard InChI is InChI=1S/C18H17FO3/c1-2-22-17-10-15(12-5-7-13(19)8-6-12)14(11-3-4-11)9-16(17)18(20)21/h5-11H,2-4H2,1H3,(H,20,21). The number of carbonyl (C=O) groups is 1. The molecule has 2 aromatic carbocycles. The van der Waals surface area contributed by atoms with Gasteiger partial charge < -0.3 is 9.84 Å². The molecule has 1 fully saturated rings. The van der Waals surface area contributed by atoms with Crippen LogP contribution in [0.15, 0.2) is 36.4 Å². The van der Waals surface area contributed by atoms with E-state index in [1.54, 1.807) is 24.3 Å². The molecule has 0 aliphatic heterocycles. The minimum atomic E-state index is -0.990. The second-order valence-electron chi connectivity index (χ2n) is 5.45. The summed E-state index contributed by atoms with van der Waals surface area (Å²) >= 11 is 0. The molecule has 0 aromatic heterocycles. The topological polar surface area (TPSA) is 46.5 Å². The number of benzene rings is 2. The fourth-order valence-electron chi connectivity index (χ4n) is 2.65. The highest BCUT2D eigenvalue weighted by molar-refractivity contribution is 5.93. The summed E-state index contributed by atoms with van der Waals surface area (Å²) in [6.45, 7) is 2.21. The van der Waals surface area contributed by atoms with Crippen molar-refractivity contribution >= 4 is 5.97 Å². The lowest BCUT2D eigenvalue weighted by molar-refractivity contribution is 0.0692. The van der Waals surface area contributed by atoms with Crippen molar-refractivity contribution in [2.75, 3.05) is 6.61 Å². The molecule has 0 radical (unpaired) electrons. The Morgan fingerprint density at radius 1 is 1.27 bits per heavy atom. The fraction of sp³-hybridized carbons (Fsp3) is 0.278. The molecular weight excluding hydrogens is 283 g/mol. The lowest BCUT2D eigenvalue weighted by Crippen LogP contribution is -2.05. The first-order valence-electron chi connectivity index (χ1n) is 7.40. The normalized spacial score (nSPS) is 13.9. The Bertz CT molecular complexity index is 703. The van der Waals surface area contributed by atoms with Crippen molar-refractivity contribution in [1.82, 2.24) is 0 Å². The Hall–Kier alpha value is -2.36. The third-order valence-corrected chi connectivity index (χ3v) is 3.85. The van der Waals surface area contributed by atoms with Crippen LogP contribution in [0.3, 0.4) is 0 Å². The number of hydrogen-bond acceptors (Lipinski definition) is 2. The maximum Gasteiger partial charge on any atom is 0.339 e. The van der Waals surface area contributed by atoms with Gasteiger partial charge >= 0.3 is 5.97 Å². The zero-order valence-electron chi connectivity index (χ0n) is 12.3. The number of hydrogen-bond donors (Lipinski definition) is 1. The molecule has 0 unspecified atom stereocenters. The second kappa shape index (κ2) is 5.79. The van der Waals surface area contributed by atoms with Crippen LogP contribution in [0.25, 0.3) is 11.1 Å². The summed E-state index contributed by atoms with van der Waals surface area (Å²) in [5.41, 5.74) is 3.00. The molecule has 4 heteroatoms. The third-order valence-electron chi connectivity index (χ3n) is 3.85. The van der Waals surface area contributed by atoms with Crippen LogP contribution in [-0.2, 0) is 0 Å². The maximum atomic E-state index is 13.1. The fourth-order valence-corrected chi connectivity index (χ4v) is 2.65. The van der Waals surface area contributed by atoms with Crippen LogP contribution in [0.4, 0.5) is 4.39 Å². The van der Waals surface area contributed by atoms with Crippen molar-refractivity contribution in [1.29, 1.82) is 0 Å². The van der Waals surface area contributed by atoms with Crippen LogP contribution >= 0.6 is 0 Å². The Balaban J connectivity index is 2.16. The first-order valence-corrected chi connectivity index (χ1v) is 7.40. The van der Waals surface area contributed by atoms with E-state index in [9.17, 15) is 14.3 Å². The molecular formula is C18H17FO3. The molecule has 0 saturated heterocycles. The number of aromatic carboxylic acids is 1. The van der Waals surface area contributed by atoms with E-state index in [1.165, 1.54) is 12.1 Å². The maximum absolute atomic E-state index is 13.1. The van der Waals surface area contributed by atoms with Crippen LogP contribution in [-0.4, -0.2) is 17.7 Å². The minimum Gasteiger partial charge on any atom is -0.493 e. The van der Waals surface area contributed by atoms with E-state index in [0.29, 0.717) is 18.3 Å². The first-order chi connectivity index (χ1) is 10.6. The summed E-state index contributed by atoms with van der Waals surface area (Å²) in [5.74, 6) is -0.535. The summed E-state index contributed by atoms with van der Waals surface area (Å²) in [6, 6.07) is 9.74. The largest absolute Gasteiger partial charge is 0.493 e. The van der Waals surface area contributed by atoms with E-state index >= 15 is 0 Å². The summed E-state index contributed by atoms with van der Waals surface area (Å²) in [5, 5.41) is 9.39. The average Bonchev–Trinajstić information content (AvgIpc) is 3.32. The Kier molecular flexibility index (Phi) is 3.84. The molecule has 2 aromatic rings. The number of carboxylic acids is 1. The smallest absolute Gasteiger partial charge is 0.339 e. The van der Waals surface area contributed by atoms with Crippen LogP contribution in [0, 0.1) is 5.82 Å². The predicted molar refractivity (Wildman–Crippen MR) is 81.9 cm³/mol. The number of carboxylic acid groups (broad SMARTS) is 1. The van der Waals surface area contributed by atoms with E-state index in [4.69, 9.17) is 4.74 Å². The van der Waals surface area contributed by atoms with Gasteiger partial charge in [0.15, 0.2) is 0 Å². The zero-order valence-corrected chi connectivity index (χ0v) is 12.3. The molecule has 1 saturated carbocycles. The Morgan fingerprint density at radius 2 is 1.95 bits per heavy atom. The van der Waals surface area contributed by atoms with Gasteiger partial charge in [0.2, 0.25) is 0 Å². The summed E-state index contributed by atoms with van der Waals surface area (Å²) in [7, 11) is 0. The Labute approximate surface area is 128 Å². The molecule has 0 atom stereocenters. The lowest BCUT2D eigenvalue weighted by atomic mass is 9.94. The summed E-state index contributed by atoms with van der Waals surface area (Å²) in [6.07, 6.45) is 2.11. The predicted octanol–water partition coefficient (Wildman–Crippen LogP) is 4.47. The van der Waals surface area contributed by atoms with Gasteiger partial charge in [-0.05, 0) is 66.6 Å². The van der Waals surface area contributed by atoms with Gasteiger partial charge in [-0.2, -0.15) is 0 Å². The molecule has 0 spiro atoms. The molecule has 22 heavy (non-hydrogen) atoms. The average molecular weight is 300 g/mol. The van der Waals surface area contributed by atoms with E-state index in [0.717, 1.165) is 29.5 Å². The third kappa shape index (κ3) is 2.82. The molecule has 1 N–H and O–H groups in total. The van der Waals surface area contributed by atoms with Gasteiger partial charge in [-0.3, -0.25) is 0 Å². The molecule has 0 bridgehead atoms. The molecule has 3 nitrogen and oxygen atoms in total. The molecule has 1 aliphatic carbocycles. The van der Waals surface area contributed by atoms with Gasteiger partial charge in [-0.25, -0.2) is 9.18 Å². The summed E-state index contributed by atoms with van der Waals surface area (Å²) < 4.78 is 18.6. The highest BCUT2D eigenvalue weighted by Crippen LogP contribution is 2.46. The van der Waals surface area contributed by atoms with Crippen LogP contribution in [0.1, 0.15) is 41.6 Å². The van der Waals surface area contributed by atoms with Crippen molar-refractivity contribution < 1.29 is 19.0 Å². The zero-order chi connectivity index (χ0) is 15.7. The molecule has 114 valence electrons. The van der Waals surface area contributed by atoms with Gasteiger partial charge in [0.25, 0.3) is 0 Å². The van der Waals surface area contributed by atoms with Gasteiger partial charge in [0.05, 0.1) is 6.61 Å². The minimum absolute atomic E-state index is 0.189. The number of ether oxygens (including phenoxy) is 1. The molecule has 1 aliphatic rings. The van der Waals surface area contributed by atoms with Gasteiger partial charge in [0.1, 0.15) is 17.1 Å². The number of rotatable bonds is 5. The van der Waals surface area contributed by atoms with Crippen LogP contribution < -0.4 is 4.74 Å². The second-order valence-corrected chi connectivity index (χ2v) is 5.45. The quantitative estimate of drug-likeness (QED) is 0.886. The van der Waals surface area contributed by atoms with Crippen molar-refractivity contribution in [3.63, 3.8) is 0 Å². The molecule has 0 heterocycles. The van der Waals surface area contributed by atoms with Crippen molar-refractivity contribution in [3.05, 3.63) is 53.3 Å². The van der Waals surface area contributed by atoms with E-state index in [1.807, 2.05) is 6.92 Å². The number of halogens is 1. The van der Waals surface area contributed by atoms with E-state index < -0.39 is 5.97 Å². The molecule has 3 rings (SSSR count). The van der Waals surface area contributed by atoms with Crippen LogP contribution in [0.2, 0.25) is 0 Å². The monoisotopic (exact) mass is 300 g/mol. The summed E-state index contributed by atoms with van der Waals surface area (Å²) in [4.78, 5) is 11.5. The van der Waals surface area contributed by atoms with Crippen LogP contribution in [0.5, 0.6) is 5.75 Å². The molecule has 0 amide bonds. The highest BCUT2D eigenvalue weighted by Gasteiger charge is 2.29. The van der Waals surface area contributed by atoms with Crippen molar-refractivity contribution in [2.45, 2.75) is 25.7 Å². The lowest BCUT2D eigenvalue weighted by Gasteiger charge is -2.15. The van der Waals surface area contributed by atoms with Gasteiger partial charge in [0, 0.05) is 0 Å². The first kappa shape index (κ1) is 14.6. The van der Waals surface area contributed by atoms with Gasteiger partial charge in [-0.1, -0.05) is 12.1 Å². The van der Waals surface area contributed by atoms with Gasteiger partial charge in [-0.15, -0.1) is 0 Å². The Morgan fingerprint density at radius 3 is 2.50 bits per heavy atom. The van der Waals surface area contributed by atoms with E-state index in [-0.39, 0.29) is 11.4 Å². The SMILES string of the molecule is CCOc1cc(-c2ccc(F)cc2)c(C2CC2)cc1C(=O)O. The van der Waals surface area contributed by atoms with Crippen molar-refractivity contribution in [3.8, 4) is 16.9 Å². The van der Waals surface area contributed by atoms with Crippen molar-refractivity contribution in [2.24, 2.45) is 0 Å². The highest BCUT2D eigenvalue weighted by atomic mass is 19.1.